The largest absolute Gasteiger partial charge is 0.369 e. The molecule has 61 heavy (non-hydrogen) atoms. The molecule has 9 rings (SSSR count). The molecular weight excluding hydrogens is 807 g/mol. The quantitative estimate of drug-likeness (QED) is 0.140. The van der Waals surface area contributed by atoms with Crippen LogP contribution in [0.3, 0.4) is 0 Å². The van der Waals surface area contributed by atoms with Gasteiger partial charge in [-0.15, -0.1) is 0 Å². The van der Waals surface area contributed by atoms with Crippen molar-refractivity contribution in [3.8, 4) is 0 Å². The highest BCUT2D eigenvalue weighted by atomic mass is 32.2. The van der Waals surface area contributed by atoms with E-state index in [-0.39, 0.29) is 27.5 Å². The van der Waals surface area contributed by atoms with Crippen molar-refractivity contribution in [2.45, 2.75) is 100 Å². The Hall–Kier alpha value is -4.85. The van der Waals surface area contributed by atoms with Crippen molar-refractivity contribution < 1.29 is 30.7 Å². The summed E-state index contributed by atoms with van der Waals surface area (Å²) in [5, 5.41) is 1.47. The smallest absolute Gasteiger partial charge is 0.295 e. The summed E-state index contributed by atoms with van der Waals surface area (Å²) in [5.74, 6) is 0.840. The van der Waals surface area contributed by atoms with Gasteiger partial charge in [-0.25, -0.2) is 0 Å². The summed E-state index contributed by atoms with van der Waals surface area (Å²) in [6.45, 7) is 12.2. The van der Waals surface area contributed by atoms with Crippen molar-refractivity contribution in [2.75, 3.05) is 13.6 Å². The fourth-order valence-corrected chi connectivity index (χ4v) is 11.8. The number of rotatable bonds is 6. The Bertz CT molecular complexity index is 2750. The van der Waals surface area contributed by atoms with E-state index in [0.717, 1.165) is 63.9 Å². The molecule has 3 atom stereocenters. The van der Waals surface area contributed by atoms with Gasteiger partial charge in [-0.05, 0) is 96.0 Å². The lowest BCUT2D eigenvalue weighted by atomic mass is 9.49. The number of aromatic nitrogens is 1. The van der Waals surface area contributed by atoms with Crippen LogP contribution < -0.4 is 5.73 Å². The number of nitrogens with two attached hydrogens (primary N) is 1. The van der Waals surface area contributed by atoms with Crippen molar-refractivity contribution in [2.24, 2.45) is 17.1 Å². The lowest BCUT2D eigenvalue weighted by molar-refractivity contribution is -0.135. The van der Waals surface area contributed by atoms with Crippen molar-refractivity contribution in [3.05, 3.63) is 143 Å². The summed E-state index contributed by atoms with van der Waals surface area (Å²) in [7, 11) is -6.72. The van der Waals surface area contributed by atoms with E-state index in [2.05, 4.69) is 117 Å². The van der Waals surface area contributed by atoms with Crippen molar-refractivity contribution in [1.82, 2.24) is 9.47 Å². The first kappa shape index (κ1) is 44.2. The average Bonchev–Trinajstić information content (AvgIpc) is 3.52. The van der Waals surface area contributed by atoms with Crippen LogP contribution in [0.4, 0.5) is 0 Å². The van der Waals surface area contributed by atoms with E-state index in [9.17, 15) is 21.6 Å². The van der Waals surface area contributed by atoms with E-state index >= 15 is 0 Å². The van der Waals surface area contributed by atoms with Crippen LogP contribution in [0.5, 0.6) is 0 Å². The molecule has 2 aliphatic carbocycles. The molecule has 1 fully saturated rings. The summed E-state index contributed by atoms with van der Waals surface area (Å²) in [6, 6.07) is 34.2. The maximum absolute atomic E-state index is 12.2. The van der Waals surface area contributed by atoms with Crippen molar-refractivity contribution in [1.29, 1.82) is 0 Å². The van der Waals surface area contributed by atoms with Gasteiger partial charge in [0.25, 0.3) is 20.2 Å². The normalized spacial score (nSPS) is 21.3. The number of para-hydroxylation sites is 1. The molecule has 0 radical (unpaired) electrons. The third kappa shape index (κ3) is 8.79. The van der Waals surface area contributed by atoms with E-state index in [4.69, 9.17) is 14.8 Å². The van der Waals surface area contributed by atoms with Gasteiger partial charge in [-0.2, -0.15) is 16.8 Å². The molecule has 6 aromatic rings. The molecule has 10 nitrogen and oxygen atoms in total. The highest BCUT2D eigenvalue weighted by Crippen LogP contribution is 2.57. The fourth-order valence-electron chi connectivity index (χ4n) is 10.4. The minimum Gasteiger partial charge on any atom is -0.369 e. The van der Waals surface area contributed by atoms with Gasteiger partial charge in [0.1, 0.15) is 9.79 Å². The van der Waals surface area contributed by atoms with Gasteiger partial charge in [-0.1, -0.05) is 125 Å². The van der Waals surface area contributed by atoms with Crippen LogP contribution in [0.15, 0.2) is 119 Å². The van der Waals surface area contributed by atoms with Crippen molar-refractivity contribution in [3.63, 3.8) is 0 Å². The molecule has 0 bridgehead atoms. The van der Waals surface area contributed by atoms with Gasteiger partial charge in [-0.3, -0.25) is 13.9 Å². The number of carbonyl (C=O) groups is 1. The molecular formula is C49H57N3O7S2. The van der Waals surface area contributed by atoms with Gasteiger partial charge >= 0.3 is 0 Å². The molecule has 1 aromatic heterocycles. The lowest BCUT2D eigenvalue weighted by Gasteiger charge is -2.54. The van der Waals surface area contributed by atoms with Crippen LogP contribution in [-0.2, 0) is 56.4 Å². The predicted molar refractivity (Wildman–Crippen MR) is 242 cm³/mol. The number of likely N-dealkylation sites (N-methyl/N-ethyl adjacent to an activating group) is 1. The van der Waals surface area contributed by atoms with Gasteiger partial charge in [0, 0.05) is 58.8 Å². The number of benzene rings is 5. The number of hydrogen-bond donors (Lipinski definition) is 3. The molecule has 322 valence electrons. The van der Waals surface area contributed by atoms with Gasteiger partial charge in [0.15, 0.2) is 0 Å². The minimum atomic E-state index is -4.47. The topological polar surface area (TPSA) is 160 Å². The summed E-state index contributed by atoms with van der Waals surface area (Å²) >= 11 is 0. The van der Waals surface area contributed by atoms with Gasteiger partial charge in [0.2, 0.25) is 5.91 Å². The predicted octanol–water partition coefficient (Wildman–Crippen LogP) is 9.32. The molecule has 5 aromatic carbocycles. The van der Waals surface area contributed by atoms with Crippen molar-refractivity contribution >= 4 is 47.8 Å². The zero-order valence-corrected chi connectivity index (χ0v) is 37.3. The lowest BCUT2D eigenvalue weighted by Crippen LogP contribution is -2.54. The first-order chi connectivity index (χ1) is 28.8. The maximum Gasteiger partial charge on any atom is 0.295 e. The number of fused-ring (bicyclic) bond motifs is 7. The third-order valence-electron chi connectivity index (χ3n) is 13.5. The standard InChI is InChI=1S/C20H29NO.C19H20N2.C10H8O6S2/c1-13(2)14-6-8-16-15(12-14)7-9-17-19(16,3)10-5-11-20(17,4)18(21)22;1-20-12-11-19-17(14-20)16-9-5-6-10-18(16)21(19)13-15-7-3-2-4-8-15;11-17(12,13)9-5-1-3-7-8(9)4-2-6-10(7)18(14,15)16/h6,8,12-13,17H,5,7,9-11H2,1-4H3,(H2,21,22);2-10H,11-14H2,1H3;1-6H,(H,11,12,13)(H,14,15,16). The Labute approximate surface area is 360 Å². The maximum atomic E-state index is 12.2. The molecule has 3 aliphatic rings. The van der Waals surface area contributed by atoms with Gasteiger partial charge in [0.05, 0.1) is 0 Å². The molecule has 1 amide bonds. The Morgan fingerprint density at radius 2 is 1.39 bits per heavy atom. The second-order valence-electron chi connectivity index (χ2n) is 17.8. The number of carbonyl (C=O) groups excluding carboxylic acids is 1. The van der Waals surface area contributed by atoms with Crippen LogP contribution >= 0.6 is 0 Å². The highest BCUT2D eigenvalue weighted by Gasteiger charge is 2.54. The van der Waals surface area contributed by atoms with Crippen LogP contribution in [-0.4, -0.2) is 54.9 Å². The summed E-state index contributed by atoms with van der Waals surface area (Å²) in [4.78, 5) is 13.7. The van der Waals surface area contributed by atoms with E-state index in [1.807, 2.05) is 0 Å². The molecule has 3 unspecified atom stereocenters. The molecule has 4 N–H and O–H groups in total. The SMILES string of the molecule is CC(C)c1ccc2c(c1)CCC1C(C)(C(N)=O)CCCC21C.CN1CCc2c(c3ccccc3n2Cc2ccccc2)C1.O=S(=O)(O)c1cccc2c(S(=O)(=O)O)cccc12. The monoisotopic (exact) mass is 863 g/mol. The molecule has 0 saturated heterocycles. The Morgan fingerprint density at radius 1 is 0.787 bits per heavy atom. The summed E-state index contributed by atoms with van der Waals surface area (Å²) in [5.41, 5.74) is 15.8. The Kier molecular flexibility index (Phi) is 12.4. The minimum absolute atomic E-state index is 0.0233. The number of nitrogens with zero attached hydrogens (tertiary/aromatic N) is 2. The van der Waals surface area contributed by atoms with Crippen LogP contribution in [0.2, 0.25) is 0 Å². The van der Waals surface area contributed by atoms with Gasteiger partial charge < -0.3 is 15.2 Å². The van der Waals surface area contributed by atoms with E-state index in [1.165, 1.54) is 75.1 Å². The number of primary amides is 1. The zero-order valence-electron chi connectivity index (χ0n) is 35.6. The number of aryl methyl sites for hydroxylation is 1. The second-order valence-corrected chi connectivity index (χ2v) is 20.6. The molecule has 1 aliphatic heterocycles. The Balaban J connectivity index is 0.000000139. The average molecular weight is 864 g/mol. The third-order valence-corrected chi connectivity index (χ3v) is 15.4. The van der Waals surface area contributed by atoms with E-state index in [1.54, 1.807) is 0 Å². The van der Waals surface area contributed by atoms with Crippen LogP contribution in [0.1, 0.15) is 92.8 Å². The first-order valence-corrected chi connectivity index (χ1v) is 23.9. The van der Waals surface area contributed by atoms with Crippen LogP contribution in [0.25, 0.3) is 21.7 Å². The second kappa shape index (κ2) is 17.1. The summed E-state index contributed by atoms with van der Waals surface area (Å²) in [6.07, 6.45) is 6.53. The molecule has 12 heteroatoms. The van der Waals surface area contributed by atoms with E-state index in [0.29, 0.717) is 11.8 Å². The summed E-state index contributed by atoms with van der Waals surface area (Å²) < 4.78 is 65.2. The number of amides is 1. The molecule has 1 saturated carbocycles. The molecule has 2 heterocycles. The van der Waals surface area contributed by atoms with Crippen LogP contribution in [0, 0.1) is 11.3 Å². The van der Waals surface area contributed by atoms with E-state index < -0.39 is 30.0 Å². The first-order valence-electron chi connectivity index (χ1n) is 21.0. The highest BCUT2D eigenvalue weighted by molar-refractivity contribution is 7.86. The number of hydrogen-bond acceptors (Lipinski definition) is 6. The zero-order chi connectivity index (χ0) is 43.9. The Morgan fingerprint density at radius 3 is 2.00 bits per heavy atom. The molecule has 0 spiro atoms. The fraction of sp³-hybridized carbons (Fsp3) is 0.367.